The highest BCUT2D eigenvalue weighted by Gasteiger charge is 2.19. The van der Waals surface area contributed by atoms with Crippen LogP contribution in [-0.2, 0) is 11.2 Å². The first-order valence-electron chi connectivity index (χ1n) is 5.35. The Morgan fingerprint density at radius 2 is 2.31 bits per heavy atom. The molecule has 0 unspecified atom stereocenters. The lowest BCUT2D eigenvalue weighted by molar-refractivity contribution is -0.118. The first kappa shape index (κ1) is 11.0. The van der Waals surface area contributed by atoms with Crippen molar-refractivity contribution in [1.29, 1.82) is 0 Å². The topological polar surface area (TPSA) is 49.8 Å². The summed E-state index contributed by atoms with van der Waals surface area (Å²) in [5.74, 6) is 0.787. The summed E-state index contributed by atoms with van der Waals surface area (Å²) in [7, 11) is 1.75. The Bertz CT molecular complexity index is 403. The standard InChI is InChI=1S/C12H15NO3/c1-13-10-8-9(4-6-14)2-3-11(10)16-7-5-12(13)15/h2-3,8,14H,4-7H2,1H3. The Kier molecular flexibility index (Phi) is 3.10. The molecule has 1 aliphatic heterocycles. The zero-order valence-corrected chi connectivity index (χ0v) is 9.27. The molecule has 0 aromatic heterocycles. The Morgan fingerprint density at radius 1 is 1.50 bits per heavy atom. The number of hydrogen-bond donors (Lipinski definition) is 1. The van der Waals surface area contributed by atoms with Gasteiger partial charge in [-0.15, -0.1) is 0 Å². The third-order valence-corrected chi connectivity index (χ3v) is 2.73. The second kappa shape index (κ2) is 4.53. The van der Waals surface area contributed by atoms with Crippen molar-refractivity contribution in [3.63, 3.8) is 0 Å². The van der Waals surface area contributed by atoms with E-state index in [4.69, 9.17) is 9.84 Å². The third-order valence-electron chi connectivity index (χ3n) is 2.73. The maximum Gasteiger partial charge on any atom is 0.230 e. The maximum atomic E-state index is 11.6. The Morgan fingerprint density at radius 3 is 3.06 bits per heavy atom. The van der Waals surface area contributed by atoms with Crippen LogP contribution in [0.4, 0.5) is 5.69 Å². The summed E-state index contributed by atoms with van der Waals surface area (Å²) in [5, 5.41) is 8.89. The number of carbonyl (C=O) groups excluding carboxylic acids is 1. The van der Waals surface area contributed by atoms with Crippen molar-refractivity contribution >= 4 is 11.6 Å². The fourth-order valence-electron chi connectivity index (χ4n) is 1.78. The van der Waals surface area contributed by atoms with Crippen molar-refractivity contribution in [2.24, 2.45) is 0 Å². The average Bonchev–Trinajstić information content (AvgIpc) is 2.42. The highest BCUT2D eigenvalue weighted by Crippen LogP contribution is 2.31. The molecule has 0 aliphatic carbocycles. The van der Waals surface area contributed by atoms with Crippen LogP contribution in [0.2, 0.25) is 0 Å². The van der Waals surface area contributed by atoms with Gasteiger partial charge in [0.05, 0.1) is 18.7 Å². The van der Waals surface area contributed by atoms with Crippen molar-refractivity contribution < 1.29 is 14.6 Å². The zero-order chi connectivity index (χ0) is 11.5. The van der Waals surface area contributed by atoms with Gasteiger partial charge in [-0.25, -0.2) is 0 Å². The molecular weight excluding hydrogens is 206 g/mol. The number of hydrogen-bond acceptors (Lipinski definition) is 3. The first-order valence-corrected chi connectivity index (χ1v) is 5.35. The van der Waals surface area contributed by atoms with Crippen LogP contribution in [0.15, 0.2) is 18.2 Å². The van der Waals surface area contributed by atoms with Gasteiger partial charge in [0.15, 0.2) is 0 Å². The van der Waals surface area contributed by atoms with Gasteiger partial charge in [-0.05, 0) is 24.1 Å². The predicted octanol–water partition coefficient (Wildman–Crippen LogP) is 0.967. The number of rotatable bonds is 2. The quantitative estimate of drug-likeness (QED) is 0.809. The number of anilines is 1. The van der Waals surface area contributed by atoms with Crippen LogP contribution in [0.5, 0.6) is 5.75 Å². The number of amides is 1. The van der Waals surface area contributed by atoms with Crippen LogP contribution < -0.4 is 9.64 Å². The molecule has 0 saturated carbocycles. The minimum Gasteiger partial charge on any atom is -0.491 e. The molecule has 16 heavy (non-hydrogen) atoms. The summed E-state index contributed by atoms with van der Waals surface area (Å²) in [6.45, 7) is 0.535. The SMILES string of the molecule is CN1C(=O)CCOc2ccc(CCO)cc21. The van der Waals surface area contributed by atoms with E-state index in [1.165, 1.54) is 0 Å². The summed E-state index contributed by atoms with van der Waals surface area (Å²) in [6, 6.07) is 5.67. The summed E-state index contributed by atoms with van der Waals surface area (Å²) in [6.07, 6.45) is 0.996. The van der Waals surface area contributed by atoms with Gasteiger partial charge < -0.3 is 14.7 Å². The minimum atomic E-state index is 0.0555. The van der Waals surface area contributed by atoms with Gasteiger partial charge in [0, 0.05) is 13.7 Å². The molecule has 1 aromatic rings. The second-order valence-corrected chi connectivity index (χ2v) is 3.83. The Labute approximate surface area is 94.4 Å². The van der Waals surface area contributed by atoms with E-state index >= 15 is 0 Å². The number of ether oxygens (including phenoxy) is 1. The second-order valence-electron chi connectivity index (χ2n) is 3.83. The van der Waals surface area contributed by atoms with Gasteiger partial charge in [0.2, 0.25) is 5.91 Å². The number of nitrogens with zero attached hydrogens (tertiary/aromatic N) is 1. The van der Waals surface area contributed by atoms with Crippen LogP contribution in [0.1, 0.15) is 12.0 Å². The van der Waals surface area contributed by atoms with E-state index in [1.807, 2.05) is 18.2 Å². The molecular formula is C12H15NO3. The monoisotopic (exact) mass is 221 g/mol. The van der Waals surface area contributed by atoms with Crippen molar-refractivity contribution in [3.05, 3.63) is 23.8 Å². The Hall–Kier alpha value is -1.55. The minimum absolute atomic E-state index is 0.0555. The maximum absolute atomic E-state index is 11.6. The van der Waals surface area contributed by atoms with Crippen LogP contribution >= 0.6 is 0 Å². The normalized spacial score (nSPS) is 15.4. The van der Waals surface area contributed by atoms with Crippen molar-refractivity contribution in [2.45, 2.75) is 12.8 Å². The molecule has 1 aliphatic rings. The zero-order valence-electron chi connectivity index (χ0n) is 9.27. The van der Waals surface area contributed by atoms with Crippen molar-refractivity contribution in [1.82, 2.24) is 0 Å². The van der Waals surface area contributed by atoms with Gasteiger partial charge in [0.25, 0.3) is 0 Å². The average molecular weight is 221 g/mol. The summed E-state index contributed by atoms with van der Waals surface area (Å²) >= 11 is 0. The first-order chi connectivity index (χ1) is 7.72. The number of fused-ring (bicyclic) bond motifs is 1. The lowest BCUT2D eigenvalue weighted by Crippen LogP contribution is -2.25. The number of benzene rings is 1. The van der Waals surface area contributed by atoms with Gasteiger partial charge in [-0.1, -0.05) is 6.07 Å². The molecule has 0 fully saturated rings. The van der Waals surface area contributed by atoms with Crippen molar-refractivity contribution in [3.8, 4) is 5.75 Å². The van der Waals surface area contributed by atoms with Crippen LogP contribution in [0, 0.1) is 0 Å². The molecule has 0 bridgehead atoms. The molecule has 4 nitrogen and oxygen atoms in total. The lowest BCUT2D eigenvalue weighted by atomic mass is 10.1. The van der Waals surface area contributed by atoms with Crippen LogP contribution in [-0.4, -0.2) is 31.3 Å². The molecule has 0 radical (unpaired) electrons. The smallest absolute Gasteiger partial charge is 0.230 e. The van der Waals surface area contributed by atoms with E-state index in [9.17, 15) is 4.79 Å². The highest BCUT2D eigenvalue weighted by atomic mass is 16.5. The van der Waals surface area contributed by atoms with E-state index in [1.54, 1.807) is 11.9 Å². The predicted molar refractivity (Wildman–Crippen MR) is 60.8 cm³/mol. The van der Waals surface area contributed by atoms with E-state index in [0.717, 1.165) is 17.0 Å². The van der Waals surface area contributed by atoms with E-state index < -0.39 is 0 Å². The summed E-state index contributed by atoms with van der Waals surface area (Å²) in [4.78, 5) is 13.3. The Balaban J connectivity index is 2.38. The molecule has 0 atom stereocenters. The lowest BCUT2D eigenvalue weighted by Gasteiger charge is -2.17. The number of aliphatic hydroxyl groups excluding tert-OH is 1. The van der Waals surface area contributed by atoms with Gasteiger partial charge in [0.1, 0.15) is 5.75 Å². The molecule has 1 aromatic carbocycles. The summed E-state index contributed by atoms with van der Waals surface area (Å²) < 4.78 is 5.50. The fraction of sp³-hybridized carbons (Fsp3) is 0.417. The molecule has 1 amide bonds. The molecule has 86 valence electrons. The van der Waals surface area contributed by atoms with E-state index in [2.05, 4.69) is 0 Å². The third kappa shape index (κ3) is 2.02. The van der Waals surface area contributed by atoms with E-state index in [-0.39, 0.29) is 12.5 Å². The molecule has 0 spiro atoms. The van der Waals surface area contributed by atoms with Crippen LogP contribution in [0.25, 0.3) is 0 Å². The summed E-state index contributed by atoms with van der Waals surface area (Å²) in [5.41, 5.74) is 1.79. The van der Waals surface area contributed by atoms with Gasteiger partial charge >= 0.3 is 0 Å². The fourth-order valence-corrected chi connectivity index (χ4v) is 1.78. The molecule has 0 saturated heterocycles. The van der Waals surface area contributed by atoms with Gasteiger partial charge in [-0.3, -0.25) is 4.79 Å². The van der Waals surface area contributed by atoms with Crippen molar-refractivity contribution in [2.75, 3.05) is 25.2 Å². The molecule has 1 N–H and O–H groups in total. The molecule has 2 rings (SSSR count). The van der Waals surface area contributed by atoms with Crippen LogP contribution in [0.3, 0.4) is 0 Å². The highest BCUT2D eigenvalue weighted by molar-refractivity contribution is 5.95. The largest absolute Gasteiger partial charge is 0.491 e. The number of aliphatic hydroxyl groups is 1. The van der Waals surface area contributed by atoms with E-state index in [0.29, 0.717) is 19.4 Å². The molecule has 1 heterocycles. The van der Waals surface area contributed by atoms with Gasteiger partial charge in [-0.2, -0.15) is 0 Å². The molecule has 4 heteroatoms. The number of carbonyl (C=O) groups is 1.